The van der Waals surface area contributed by atoms with Crippen LogP contribution in [0.25, 0.3) is 0 Å². The molecule has 6 nitrogen and oxygen atoms in total. The number of ether oxygens (including phenoxy) is 1. The van der Waals surface area contributed by atoms with Crippen LogP contribution in [0.3, 0.4) is 0 Å². The molecule has 0 saturated heterocycles. The standard InChI is InChI=1S/C13H13O6P/c14-18-20(15,11-16-12-7-3-1-4-8-12)19-17-13-9-5-2-6-10-13/h1-10,14H,11H2. The van der Waals surface area contributed by atoms with Gasteiger partial charge < -0.3 is 9.62 Å². The molecule has 2 rings (SSSR count). The van der Waals surface area contributed by atoms with Gasteiger partial charge >= 0.3 is 7.60 Å². The van der Waals surface area contributed by atoms with Crippen LogP contribution < -0.4 is 9.62 Å². The Morgan fingerprint density at radius 2 is 1.45 bits per heavy atom. The molecule has 20 heavy (non-hydrogen) atoms. The molecular formula is C13H13O6P. The Kier molecular flexibility index (Phi) is 5.15. The molecule has 2 aromatic rings. The van der Waals surface area contributed by atoms with E-state index in [0.717, 1.165) is 0 Å². The summed E-state index contributed by atoms with van der Waals surface area (Å²) in [6.07, 6.45) is -0.486. The fourth-order valence-corrected chi connectivity index (χ4v) is 1.93. The number of hydrogen-bond acceptors (Lipinski definition) is 6. The van der Waals surface area contributed by atoms with Crippen LogP contribution in [0, 0.1) is 0 Å². The van der Waals surface area contributed by atoms with Crippen molar-refractivity contribution in [3.05, 3.63) is 60.7 Å². The van der Waals surface area contributed by atoms with Crippen molar-refractivity contribution >= 4 is 7.60 Å². The van der Waals surface area contributed by atoms with Gasteiger partial charge in [0.2, 0.25) is 0 Å². The minimum atomic E-state index is -3.92. The molecule has 106 valence electrons. The van der Waals surface area contributed by atoms with Crippen LogP contribution in [-0.2, 0) is 13.9 Å². The zero-order chi connectivity index (χ0) is 14.3. The molecule has 1 atom stereocenters. The minimum Gasteiger partial charge on any atom is -0.481 e. The molecule has 0 aromatic heterocycles. The summed E-state index contributed by atoms with van der Waals surface area (Å²) in [4.78, 5) is 4.82. The van der Waals surface area contributed by atoms with E-state index in [0.29, 0.717) is 11.5 Å². The molecule has 0 heterocycles. The van der Waals surface area contributed by atoms with Gasteiger partial charge in [0.05, 0.1) is 0 Å². The summed E-state index contributed by atoms with van der Waals surface area (Å²) in [7, 11) is -3.92. The molecule has 0 radical (unpaired) electrons. The van der Waals surface area contributed by atoms with E-state index in [1.165, 1.54) is 0 Å². The van der Waals surface area contributed by atoms with Crippen LogP contribution in [0.2, 0.25) is 0 Å². The molecule has 0 fully saturated rings. The zero-order valence-corrected chi connectivity index (χ0v) is 11.3. The summed E-state index contributed by atoms with van der Waals surface area (Å²) in [5, 5.41) is 8.69. The van der Waals surface area contributed by atoms with Gasteiger partial charge in [-0.3, -0.25) is 4.57 Å². The topological polar surface area (TPSA) is 74.2 Å². The van der Waals surface area contributed by atoms with Gasteiger partial charge in [-0.15, -0.1) is 4.67 Å². The first kappa shape index (κ1) is 14.6. The molecule has 0 spiro atoms. The van der Waals surface area contributed by atoms with E-state index in [1.54, 1.807) is 54.6 Å². The molecule has 0 bridgehead atoms. The molecular weight excluding hydrogens is 283 g/mol. The molecule has 0 aliphatic rings. The second-order valence-corrected chi connectivity index (χ2v) is 5.54. The second-order valence-electron chi connectivity index (χ2n) is 3.75. The van der Waals surface area contributed by atoms with Crippen LogP contribution in [0.15, 0.2) is 60.7 Å². The van der Waals surface area contributed by atoms with E-state index in [-0.39, 0.29) is 0 Å². The highest BCUT2D eigenvalue weighted by Crippen LogP contribution is 2.47. The van der Waals surface area contributed by atoms with Crippen molar-refractivity contribution in [1.29, 1.82) is 0 Å². The summed E-state index contributed by atoms with van der Waals surface area (Å²) in [6.45, 7) is 0. The highest BCUT2D eigenvalue weighted by Gasteiger charge is 2.29. The smallest absolute Gasteiger partial charge is 0.430 e. The summed E-state index contributed by atoms with van der Waals surface area (Å²) < 4.78 is 25.7. The number of para-hydroxylation sites is 2. The van der Waals surface area contributed by atoms with Crippen LogP contribution >= 0.6 is 7.60 Å². The van der Waals surface area contributed by atoms with Crippen LogP contribution in [0.5, 0.6) is 11.5 Å². The summed E-state index contributed by atoms with van der Waals surface area (Å²) in [5.41, 5.74) is 0. The average Bonchev–Trinajstić information content (AvgIpc) is 2.53. The Morgan fingerprint density at radius 1 is 0.900 bits per heavy atom. The highest BCUT2D eigenvalue weighted by atomic mass is 31.2. The van der Waals surface area contributed by atoms with E-state index in [9.17, 15) is 4.57 Å². The Hall–Kier alpha value is -1.85. The fraction of sp³-hybridized carbons (Fsp3) is 0.0769. The van der Waals surface area contributed by atoms with Gasteiger partial charge in [0.1, 0.15) is 5.75 Å². The van der Waals surface area contributed by atoms with Gasteiger partial charge in [-0.1, -0.05) is 41.1 Å². The van der Waals surface area contributed by atoms with Crippen molar-refractivity contribution in [2.75, 3.05) is 6.35 Å². The highest BCUT2D eigenvalue weighted by molar-refractivity contribution is 7.53. The minimum absolute atomic E-state index is 0.324. The fourth-order valence-electron chi connectivity index (χ4n) is 1.30. The van der Waals surface area contributed by atoms with Crippen molar-refractivity contribution in [3.63, 3.8) is 0 Å². The molecule has 2 aromatic carbocycles. The lowest BCUT2D eigenvalue weighted by Crippen LogP contribution is -2.06. The monoisotopic (exact) mass is 296 g/mol. The van der Waals surface area contributed by atoms with Gasteiger partial charge in [-0.25, -0.2) is 5.26 Å². The number of rotatable bonds is 7. The summed E-state index contributed by atoms with van der Waals surface area (Å²) in [6, 6.07) is 17.0. The first-order chi connectivity index (χ1) is 9.72. The SMILES string of the molecule is O=P(COc1ccccc1)(OO)OOc1ccccc1. The van der Waals surface area contributed by atoms with Gasteiger partial charge in [0.15, 0.2) is 12.1 Å². The zero-order valence-electron chi connectivity index (χ0n) is 10.4. The van der Waals surface area contributed by atoms with Crippen molar-refractivity contribution in [2.24, 2.45) is 0 Å². The molecule has 0 saturated carbocycles. The lowest BCUT2D eigenvalue weighted by molar-refractivity contribution is -0.194. The lowest BCUT2D eigenvalue weighted by Gasteiger charge is -2.14. The van der Waals surface area contributed by atoms with E-state index >= 15 is 0 Å². The van der Waals surface area contributed by atoms with Crippen molar-refractivity contribution in [2.45, 2.75) is 0 Å². The predicted molar refractivity (Wildman–Crippen MR) is 71.4 cm³/mol. The predicted octanol–water partition coefficient (Wildman–Crippen LogP) is 3.72. The normalized spacial score (nSPS) is 13.4. The Labute approximate surface area is 115 Å². The second kappa shape index (κ2) is 7.07. The molecule has 1 N–H and O–H groups in total. The first-order valence-electron chi connectivity index (χ1n) is 5.73. The Balaban J connectivity index is 1.90. The lowest BCUT2D eigenvalue weighted by atomic mass is 10.3. The Morgan fingerprint density at radius 3 is 2.00 bits per heavy atom. The van der Waals surface area contributed by atoms with E-state index < -0.39 is 13.9 Å². The maximum Gasteiger partial charge on any atom is 0.430 e. The third kappa shape index (κ3) is 4.36. The van der Waals surface area contributed by atoms with Gasteiger partial charge in [-0.05, 0) is 24.3 Å². The average molecular weight is 296 g/mol. The first-order valence-corrected chi connectivity index (χ1v) is 7.46. The molecule has 1 unspecified atom stereocenters. The van der Waals surface area contributed by atoms with E-state index in [2.05, 4.69) is 9.35 Å². The third-order valence-corrected chi connectivity index (χ3v) is 3.24. The largest absolute Gasteiger partial charge is 0.481 e. The van der Waals surface area contributed by atoms with Gasteiger partial charge in [0, 0.05) is 0 Å². The number of benzene rings is 2. The quantitative estimate of drug-likeness (QED) is 0.477. The molecule has 0 amide bonds. The third-order valence-electron chi connectivity index (χ3n) is 2.25. The summed E-state index contributed by atoms with van der Waals surface area (Å²) >= 11 is 0. The Bertz CT molecular complexity index is 512. The molecule has 7 heteroatoms. The van der Waals surface area contributed by atoms with Crippen LogP contribution in [0.1, 0.15) is 0 Å². The van der Waals surface area contributed by atoms with E-state index in [1.807, 2.05) is 6.07 Å². The maximum absolute atomic E-state index is 12.0. The van der Waals surface area contributed by atoms with Crippen LogP contribution in [-0.4, -0.2) is 11.6 Å². The number of hydrogen-bond donors (Lipinski definition) is 1. The van der Waals surface area contributed by atoms with Crippen molar-refractivity contribution < 1.29 is 28.8 Å². The van der Waals surface area contributed by atoms with Crippen molar-refractivity contribution in [3.8, 4) is 11.5 Å². The van der Waals surface area contributed by atoms with Crippen molar-refractivity contribution in [1.82, 2.24) is 0 Å². The molecule has 0 aliphatic carbocycles. The van der Waals surface area contributed by atoms with Crippen LogP contribution in [0.4, 0.5) is 0 Å². The summed E-state index contributed by atoms with van der Waals surface area (Å²) in [5.74, 6) is 0.789. The van der Waals surface area contributed by atoms with E-state index in [4.69, 9.17) is 14.9 Å². The van der Waals surface area contributed by atoms with Gasteiger partial charge in [-0.2, -0.15) is 0 Å². The molecule has 0 aliphatic heterocycles. The maximum atomic E-state index is 12.0. The van der Waals surface area contributed by atoms with Gasteiger partial charge in [0.25, 0.3) is 0 Å².